The number of anilines is 1. The lowest BCUT2D eigenvalue weighted by atomic mass is 10.1. The topological polar surface area (TPSA) is 90.4 Å². The Morgan fingerprint density at radius 1 is 1.12 bits per heavy atom. The quantitative estimate of drug-likeness (QED) is 0.364. The van der Waals surface area contributed by atoms with Gasteiger partial charge in [0.15, 0.2) is 5.16 Å². The zero-order valence-corrected chi connectivity index (χ0v) is 14.8. The predicted octanol–water partition coefficient (Wildman–Crippen LogP) is 2.51. The van der Waals surface area contributed by atoms with Crippen LogP contribution in [-0.4, -0.2) is 42.4 Å². The molecule has 0 bridgehead atoms. The number of methoxy groups -OCH3 is 2. The van der Waals surface area contributed by atoms with Crippen molar-refractivity contribution < 1.29 is 19.1 Å². The third kappa shape index (κ3) is 5.05. The van der Waals surface area contributed by atoms with Gasteiger partial charge >= 0.3 is 11.9 Å². The molecule has 2 aromatic rings. The number of nitrogens with one attached hydrogen (secondary N) is 1. The monoisotopic (exact) mass is 359 g/mol. The molecule has 0 fully saturated rings. The van der Waals surface area contributed by atoms with Gasteiger partial charge in [0.25, 0.3) is 0 Å². The molecule has 0 aliphatic heterocycles. The van der Waals surface area contributed by atoms with Crippen LogP contribution in [0.25, 0.3) is 11.3 Å². The number of hydrogen-bond acceptors (Lipinski definition) is 8. The molecule has 0 saturated heterocycles. The maximum Gasteiger partial charge on any atom is 0.354 e. The molecular formula is C17H17N3O4S. The van der Waals surface area contributed by atoms with Gasteiger partial charge in [0.05, 0.1) is 26.0 Å². The summed E-state index contributed by atoms with van der Waals surface area (Å²) in [6, 6.07) is 9.05. The molecule has 1 aromatic heterocycles. The summed E-state index contributed by atoms with van der Waals surface area (Å²) in [5.74, 6) is -1.33. The maximum atomic E-state index is 11.7. The van der Waals surface area contributed by atoms with Crippen molar-refractivity contribution in [1.82, 2.24) is 9.97 Å². The highest BCUT2D eigenvalue weighted by molar-refractivity contribution is 7.98. The van der Waals surface area contributed by atoms with E-state index in [2.05, 4.69) is 24.8 Å². The fraction of sp³-hybridized carbons (Fsp3) is 0.176. The molecule has 130 valence electrons. The lowest BCUT2D eigenvalue weighted by molar-refractivity contribution is -0.138. The Labute approximate surface area is 149 Å². The summed E-state index contributed by atoms with van der Waals surface area (Å²) in [5, 5.41) is 3.53. The number of aromatic nitrogens is 2. The maximum absolute atomic E-state index is 11.7. The highest BCUT2D eigenvalue weighted by Gasteiger charge is 2.13. The summed E-state index contributed by atoms with van der Waals surface area (Å²) in [6.45, 7) is 0. The van der Waals surface area contributed by atoms with Crippen molar-refractivity contribution in [1.29, 1.82) is 0 Å². The number of thioether (sulfide) groups is 1. The van der Waals surface area contributed by atoms with Gasteiger partial charge in [-0.1, -0.05) is 23.9 Å². The summed E-state index contributed by atoms with van der Waals surface area (Å²) in [7, 11) is 2.46. The zero-order valence-electron chi connectivity index (χ0n) is 14.0. The summed E-state index contributed by atoms with van der Waals surface area (Å²) in [5.41, 5.74) is 2.29. The lowest BCUT2D eigenvalue weighted by Gasteiger charge is -2.10. The number of carbonyl (C=O) groups is 2. The first-order valence-electron chi connectivity index (χ1n) is 7.20. The summed E-state index contributed by atoms with van der Waals surface area (Å²) >= 11 is 1.47. The van der Waals surface area contributed by atoms with E-state index < -0.39 is 11.9 Å². The molecule has 25 heavy (non-hydrogen) atoms. The largest absolute Gasteiger partial charge is 0.466 e. The van der Waals surface area contributed by atoms with Gasteiger partial charge in [-0.15, -0.1) is 0 Å². The van der Waals surface area contributed by atoms with E-state index in [0.29, 0.717) is 10.8 Å². The van der Waals surface area contributed by atoms with Crippen LogP contribution >= 0.6 is 11.8 Å². The predicted molar refractivity (Wildman–Crippen MR) is 95.0 cm³/mol. The second kappa shape index (κ2) is 8.84. The SMILES string of the molecule is COC(=O)/C=C(/Nc1ccc(-c2ccnc(SC)n2)cc1)C(=O)OC. The number of carbonyl (C=O) groups excluding carboxylic acids is 2. The Morgan fingerprint density at radius 3 is 2.44 bits per heavy atom. The van der Waals surface area contributed by atoms with Gasteiger partial charge in [-0.2, -0.15) is 0 Å². The summed E-state index contributed by atoms with van der Waals surface area (Å²) in [6.07, 6.45) is 4.65. The smallest absolute Gasteiger partial charge is 0.354 e. The highest BCUT2D eigenvalue weighted by Crippen LogP contribution is 2.22. The van der Waals surface area contributed by atoms with Gasteiger partial charge in [-0.05, 0) is 24.5 Å². The van der Waals surface area contributed by atoms with E-state index in [1.54, 1.807) is 18.3 Å². The number of ether oxygens (including phenoxy) is 2. The van der Waals surface area contributed by atoms with Crippen molar-refractivity contribution in [2.24, 2.45) is 0 Å². The van der Waals surface area contributed by atoms with Crippen LogP contribution in [-0.2, 0) is 19.1 Å². The fourth-order valence-corrected chi connectivity index (χ4v) is 2.27. The Morgan fingerprint density at radius 2 is 1.84 bits per heavy atom. The van der Waals surface area contributed by atoms with Crippen molar-refractivity contribution >= 4 is 29.4 Å². The molecule has 0 amide bonds. The minimum absolute atomic E-state index is 0.0196. The first-order valence-corrected chi connectivity index (χ1v) is 8.42. The van der Waals surface area contributed by atoms with Crippen molar-refractivity contribution in [2.45, 2.75) is 5.16 Å². The number of rotatable bonds is 6. The highest BCUT2D eigenvalue weighted by atomic mass is 32.2. The Kier molecular flexibility index (Phi) is 6.53. The molecule has 0 atom stereocenters. The van der Waals surface area contributed by atoms with Crippen LogP contribution in [0.5, 0.6) is 0 Å². The summed E-state index contributed by atoms with van der Waals surface area (Å²) < 4.78 is 9.18. The van der Waals surface area contributed by atoms with Gasteiger partial charge in [0, 0.05) is 17.4 Å². The molecule has 1 aromatic carbocycles. The van der Waals surface area contributed by atoms with Crippen LogP contribution in [0, 0.1) is 0 Å². The molecular weight excluding hydrogens is 342 g/mol. The zero-order chi connectivity index (χ0) is 18.2. The van der Waals surface area contributed by atoms with Crippen molar-refractivity contribution in [3.63, 3.8) is 0 Å². The summed E-state index contributed by atoms with van der Waals surface area (Å²) in [4.78, 5) is 31.7. The first-order chi connectivity index (χ1) is 12.1. The number of nitrogens with zero attached hydrogens (tertiary/aromatic N) is 2. The number of hydrogen-bond donors (Lipinski definition) is 1. The van der Waals surface area contributed by atoms with Crippen molar-refractivity contribution in [3.05, 3.63) is 48.3 Å². The molecule has 0 radical (unpaired) electrons. The molecule has 0 saturated carbocycles. The van der Waals surface area contributed by atoms with E-state index in [4.69, 9.17) is 0 Å². The van der Waals surface area contributed by atoms with Gasteiger partial charge < -0.3 is 14.8 Å². The van der Waals surface area contributed by atoms with E-state index >= 15 is 0 Å². The van der Waals surface area contributed by atoms with Gasteiger partial charge in [-0.3, -0.25) is 0 Å². The molecule has 0 spiro atoms. The van der Waals surface area contributed by atoms with Crippen molar-refractivity contribution in [2.75, 3.05) is 25.8 Å². The third-order valence-electron chi connectivity index (χ3n) is 3.14. The van der Waals surface area contributed by atoms with E-state index in [9.17, 15) is 9.59 Å². The fourth-order valence-electron chi connectivity index (χ4n) is 1.91. The molecule has 0 aliphatic carbocycles. The average Bonchev–Trinajstić information content (AvgIpc) is 2.67. The van der Waals surface area contributed by atoms with E-state index in [0.717, 1.165) is 17.3 Å². The molecule has 2 rings (SSSR count). The minimum atomic E-state index is -0.671. The number of esters is 2. The lowest BCUT2D eigenvalue weighted by Crippen LogP contribution is -2.15. The van der Waals surface area contributed by atoms with E-state index in [-0.39, 0.29) is 5.70 Å². The minimum Gasteiger partial charge on any atom is -0.466 e. The standard InChI is InChI=1S/C17H17N3O4S/c1-23-15(21)10-14(16(22)24-2)19-12-6-4-11(5-7-12)13-8-9-18-17(20-13)25-3/h4-10,19H,1-3H3/b14-10+. The van der Waals surface area contributed by atoms with Crippen LogP contribution in [0.15, 0.2) is 53.5 Å². The molecule has 1 N–H and O–H groups in total. The number of benzene rings is 1. The van der Waals surface area contributed by atoms with Crippen LogP contribution in [0.1, 0.15) is 0 Å². The van der Waals surface area contributed by atoms with Gasteiger partial charge in [-0.25, -0.2) is 19.6 Å². The van der Waals surface area contributed by atoms with Crippen LogP contribution < -0.4 is 5.32 Å². The Hall–Kier alpha value is -2.87. The van der Waals surface area contributed by atoms with Gasteiger partial charge in [0.2, 0.25) is 0 Å². The van der Waals surface area contributed by atoms with Crippen molar-refractivity contribution in [3.8, 4) is 11.3 Å². The average molecular weight is 359 g/mol. The molecule has 8 heteroatoms. The molecule has 1 heterocycles. The Bertz CT molecular complexity index is 791. The van der Waals surface area contributed by atoms with Crippen LogP contribution in [0.2, 0.25) is 0 Å². The molecule has 0 aliphatic rings. The molecule has 0 unspecified atom stereocenters. The van der Waals surface area contributed by atoms with Gasteiger partial charge in [0.1, 0.15) is 5.70 Å². The third-order valence-corrected chi connectivity index (χ3v) is 3.71. The van der Waals surface area contributed by atoms with E-state index in [1.165, 1.54) is 26.0 Å². The normalized spacial score (nSPS) is 10.9. The van der Waals surface area contributed by atoms with Crippen LogP contribution in [0.4, 0.5) is 5.69 Å². The Balaban J connectivity index is 2.21. The van der Waals surface area contributed by atoms with Crippen LogP contribution in [0.3, 0.4) is 0 Å². The first kappa shape index (κ1) is 18.5. The second-order valence-corrected chi connectivity index (χ2v) is 5.48. The van der Waals surface area contributed by atoms with E-state index in [1.807, 2.05) is 24.5 Å². The molecule has 7 nitrogen and oxygen atoms in total. The second-order valence-electron chi connectivity index (χ2n) is 4.70.